The van der Waals surface area contributed by atoms with Crippen molar-refractivity contribution < 1.29 is 14.3 Å². The maximum atomic E-state index is 12.6. The maximum absolute atomic E-state index is 12.6. The summed E-state index contributed by atoms with van der Waals surface area (Å²) in [5.41, 5.74) is 2.86. The molecule has 3 N–H and O–H groups in total. The third-order valence-electron chi connectivity index (χ3n) is 4.40. The van der Waals surface area contributed by atoms with E-state index in [1.807, 2.05) is 51.1 Å². The molecule has 0 saturated carbocycles. The lowest BCUT2D eigenvalue weighted by atomic mass is 10.0. The van der Waals surface area contributed by atoms with E-state index < -0.39 is 12.1 Å². The highest BCUT2D eigenvalue weighted by Gasteiger charge is 2.24. The molecule has 0 heterocycles. The number of carbonyl (C=O) groups excluding carboxylic acids is 2. The van der Waals surface area contributed by atoms with Gasteiger partial charge in [-0.05, 0) is 43.0 Å². The number of urea groups is 1. The lowest BCUT2D eigenvalue weighted by Gasteiger charge is -2.22. The van der Waals surface area contributed by atoms with Crippen molar-refractivity contribution in [3.8, 4) is 5.75 Å². The Labute approximate surface area is 166 Å². The Balaban J connectivity index is 1.90. The molecular weight excluding hydrogens is 354 g/mol. The first kappa shape index (κ1) is 21.3. The van der Waals surface area contributed by atoms with E-state index in [2.05, 4.69) is 22.0 Å². The van der Waals surface area contributed by atoms with Crippen LogP contribution in [-0.4, -0.2) is 31.6 Å². The van der Waals surface area contributed by atoms with Crippen LogP contribution in [0.3, 0.4) is 0 Å². The van der Waals surface area contributed by atoms with Crippen LogP contribution in [0.25, 0.3) is 0 Å². The Morgan fingerprint density at radius 3 is 2.43 bits per heavy atom. The molecular formula is C22H29N3O3. The molecule has 2 aromatic carbocycles. The summed E-state index contributed by atoms with van der Waals surface area (Å²) in [5, 5.41) is 8.41. The average molecular weight is 383 g/mol. The van der Waals surface area contributed by atoms with Crippen molar-refractivity contribution in [1.29, 1.82) is 0 Å². The number of hydrogen-bond acceptors (Lipinski definition) is 3. The number of benzene rings is 2. The second-order valence-corrected chi connectivity index (χ2v) is 7.04. The minimum Gasteiger partial charge on any atom is -0.496 e. The first-order valence-electron chi connectivity index (χ1n) is 9.44. The summed E-state index contributed by atoms with van der Waals surface area (Å²) in [7, 11) is 1.64. The van der Waals surface area contributed by atoms with Crippen molar-refractivity contribution in [2.75, 3.05) is 19.0 Å². The molecule has 2 rings (SSSR count). The van der Waals surface area contributed by atoms with Crippen molar-refractivity contribution in [3.05, 3.63) is 59.7 Å². The Morgan fingerprint density at radius 1 is 1.07 bits per heavy atom. The van der Waals surface area contributed by atoms with Crippen molar-refractivity contribution in [3.63, 3.8) is 0 Å². The Hall–Kier alpha value is -3.02. The molecule has 28 heavy (non-hydrogen) atoms. The summed E-state index contributed by atoms with van der Waals surface area (Å²) in [5.74, 6) is 0.556. The monoisotopic (exact) mass is 383 g/mol. The summed E-state index contributed by atoms with van der Waals surface area (Å²) in [6, 6.07) is 14.1. The number of methoxy groups -OCH3 is 1. The van der Waals surface area contributed by atoms with Crippen LogP contribution in [0.1, 0.15) is 25.0 Å². The van der Waals surface area contributed by atoms with Crippen molar-refractivity contribution >= 4 is 17.6 Å². The summed E-state index contributed by atoms with van der Waals surface area (Å²) in [6.07, 6.45) is 0.650. The smallest absolute Gasteiger partial charge is 0.319 e. The minimum atomic E-state index is -0.622. The molecule has 6 nitrogen and oxygen atoms in total. The van der Waals surface area contributed by atoms with Crippen LogP contribution < -0.4 is 20.7 Å². The number of amides is 3. The number of para-hydroxylation sites is 1. The highest BCUT2D eigenvalue weighted by molar-refractivity contribution is 5.93. The lowest BCUT2D eigenvalue weighted by Crippen LogP contribution is -2.51. The van der Waals surface area contributed by atoms with Gasteiger partial charge in [-0.1, -0.05) is 49.7 Å². The van der Waals surface area contributed by atoms with Gasteiger partial charge in [0.2, 0.25) is 5.91 Å². The Kier molecular flexibility index (Phi) is 7.87. The minimum absolute atomic E-state index is 0.0463. The van der Waals surface area contributed by atoms with Gasteiger partial charge in [0.05, 0.1) is 7.11 Å². The standard InChI is InChI=1S/C22H29N3O3/c1-15(2)20(25-22(27)24-18-8-6-5-7-9-18)21(26)23-13-12-17-14-16(3)10-11-19(17)28-4/h5-11,14-15,20H,12-13H2,1-4H3,(H,23,26)(H2,24,25,27). The van der Waals surface area contributed by atoms with Gasteiger partial charge >= 0.3 is 6.03 Å². The molecule has 2 aromatic rings. The largest absolute Gasteiger partial charge is 0.496 e. The van der Waals surface area contributed by atoms with Gasteiger partial charge < -0.3 is 20.7 Å². The molecule has 0 aliphatic carbocycles. The van der Waals surface area contributed by atoms with Crippen molar-refractivity contribution in [1.82, 2.24) is 10.6 Å². The van der Waals surface area contributed by atoms with Crippen molar-refractivity contribution in [2.45, 2.75) is 33.2 Å². The van der Waals surface area contributed by atoms with Crippen LogP contribution in [0.4, 0.5) is 10.5 Å². The van der Waals surface area contributed by atoms with Gasteiger partial charge in [-0.2, -0.15) is 0 Å². The number of nitrogens with one attached hydrogen (secondary N) is 3. The van der Waals surface area contributed by atoms with Crippen molar-refractivity contribution in [2.24, 2.45) is 5.92 Å². The van der Waals surface area contributed by atoms with E-state index in [0.29, 0.717) is 18.7 Å². The molecule has 6 heteroatoms. The average Bonchev–Trinajstić information content (AvgIpc) is 2.66. The zero-order valence-corrected chi connectivity index (χ0v) is 16.9. The first-order chi connectivity index (χ1) is 13.4. The molecule has 0 aliphatic rings. The highest BCUT2D eigenvalue weighted by atomic mass is 16.5. The summed E-state index contributed by atoms with van der Waals surface area (Å²) >= 11 is 0. The predicted octanol–water partition coefficient (Wildman–Crippen LogP) is 3.51. The molecule has 0 fully saturated rings. The fourth-order valence-electron chi connectivity index (χ4n) is 2.90. The molecule has 0 saturated heterocycles. The normalized spacial score (nSPS) is 11.6. The van der Waals surface area contributed by atoms with E-state index in [1.54, 1.807) is 19.2 Å². The van der Waals surface area contributed by atoms with E-state index in [4.69, 9.17) is 4.74 Å². The van der Waals surface area contributed by atoms with Gasteiger partial charge in [-0.3, -0.25) is 4.79 Å². The second kappa shape index (κ2) is 10.3. The van der Waals surface area contributed by atoms with Crippen LogP contribution in [0.2, 0.25) is 0 Å². The number of ether oxygens (including phenoxy) is 1. The van der Waals surface area contributed by atoms with Gasteiger partial charge in [-0.25, -0.2) is 4.79 Å². The van der Waals surface area contributed by atoms with Gasteiger partial charge in [0.1, 0.15) is 11.8 Å². The van der Waals surface area contributed by atoms with E-state index in [9.17, 15) is 9.59 Å². The molecule has 0 aliphatic heterocycles. The molecule has 0 aromatic heterocycles. The van der Waals surface area contributed by atoms with Crippen LogP contribution in [0.15, 0.2) is 48.5 Å². The highest BCUT2D eigenvalue weighted by Crippen LogP contribution is 2.19. The third-order valence-corrected chi connectivity index (χ3v) is 4.40. The zero-order valence-electron chi connectivity index (χ0n) is 16.9. The molecule has 3 amide bonds. The number of carbonyl (C=O) groups is 2. The summed E-state index contributed by atoms with van der Waals surface area (Å²) in [4.78, 5) is 24.8. The first-order valence-corrected chi connectivity index (χ1v) is 9.44. The second-order valence-electron chi connectivity index (χ2n) is 7.04. The maximum Gasteiger partial charge on any atom is 0.319 e. The third kappa shape index (κ3) is 6.30. The number of aryl methyl sites for hydroxylation is 1. The Morgan fingerprint density at radius 2 is 1.79 bits per heavy atom. The number of rotatable bonds is 8. The van der Waals surface area contributed by atoms with Crippen LogP contribution >= 0.6 is 0 Å². The Bertz CT molecular complexity index is 791. The topological polar surface area (TPSA) is 79.5 Å². The predicted molar refractivity (Wildman–Crippen MR) is 112 cm³/mol. The van der Waals surface area contributed by atoms with Gasteiger partial charge in [0.15, 0.2) is 0 Å². The van der Waals surface area contributed by atoms with Gasteiger partial charge in [0, 0.05) is 12.2 Å². The quantitative estimate of drug-likeness (QED) is 0.653. The van der Waals surface area contributed by atoms with Crippen LogP contribution in [0.5, 0.6) is 5.75 Å². The van der Waals surface area contributed by atoms with E-state index >= 15 is 0 Å². The molecule has 0 spiro atoms. The molecule has 0 bridgehead atoms. The van der Waals surface area contributed by atoms with Gasteiger partial charge in [0.25, 0.3) is 0 Å². The lowest BCUT2D eigenvalue weighted by molar-refractivity contribution is -0.123. The summed E-state index contributed by atoms with van der Waals surface area (Å²) in [6.45, 7) is 6.28. The van der Waals surface area contributed by atoms with Crippen LogP contribution in [-0.2, 0) is 11.2 Å². The molecule has 0 radical (unpaired) electrons. The summed E-state index contributed by atoms with van der Waals surface area (Å²) < 4.78 is 5.37. The van der Waals surface area contributed by atoms with E-state index in [-0.39, 0.29) is 11.8 Å². The molecule has 150 valence electrons. The fraction of sp³-hybridized carbons (Fsp3) is 0.364. The SMILES string of the molecule is COc1ccc(C)cc1CCNC(=O)C(NC(=O)Nc1ccccc1)C(C)C. The fourth-order valence-corrected chi connectivity index (χ4v) is 2.90. The van der Waals surface area contributed by atoms with E-state index in [0.717, 1.165) is 16.9 Å². The zero-order chi connectivity index (χ0) is 20.5. The van der Waals surface area contributed by atoms with E-state index in [1.165, 1.54) is 0 Å². The molecule has 1 atom stereocenters. The van der Waals surface area contributed by atoms with Crippen LogP contribution in [0, 0.1) is 12.8 Å². The van der Waals surface area contributed by atoms with Gasteiger partial charge in [-0.15, -0.1) is 0 Å². The number of hydrogen-bond donors (Lipinski definition) is 3. The molecule has 1 unspecified atom stereocenters. The number of anilines is 1.